The van der Waals surface area contributed by atoms with Crippen LogP contribution in [0.1, 0.15) is 4.88 Å². The van der Waals surface area contributed by atoms with Crippen LogP contribution in [-0.2, 0) is 16.0 Å². The lowest BCUT2D eigenvalue weighted by Crippen LogP contribution is -2.50. The zero-order valence-electron chi connectivity index (χ0n) is 12.7. The van der Waals surface area contributed by atoms with E-state index in [1.807, 2.05) is 41.8 Å². The van der Waals surface area contributed by atoms with E-state index in [1.165, 1.54) is 0 Å². The van der Waals surface area contributed by atoms with Crippen molar-refractivity contribution in [1.29, 1.82) is 0 Å². The normalized spacial score (nSPS) is 15.7. The molecule has 23 heavy (non-hydrogen) atoms. The van der Waals surface area contributed by atoms with Crippen LogP contribution in [0.4, 0.5) is 11.4 Å². The van der Waals surface area contributed by atoms with Gasteiger partial charge in [-0.3, -0.25) is 4.79 Å². The number of aliphatic hydroxyl groups is 1. The van der Waals surface area contributed by atoms with Gasteiger partial charge in [0.1, 0.15) is 0 Å². The number of thiophene rings is 1. The highest BCUT2D eigenvalue weighted by atomic mass is 32.1. The second kappa shape index (κ2) is 7.12. The number of para-hydroxylation sites is 2. The van der Waals surface area contributed by atoms with Gasteiger partial charge in [0.15, 0.2) is 0 Å². The van der Waals surface area contributed by atoms with Gasteiger partial charge in [0.2, 0.25) is 5.91 Å². The Morgan fingerprint density at radius 2 is 2.00 bits per heavy atom. The minimum absolute atomic E-state index is 0.0365. The average molecular weight is 332 g/mol. The van der Waals surface area contributed by atoms with Crippen LogP contribution in [0.25, 0.3) is 0 Å². The number of ether oxygens (including phenoxy) is 1. The van der Waals surface area contributed by atoms with Gasteiger partial charge in [-0.1, -0.05) is 18.2 Å². The molecule has 0 atom stereocenters. The first-order chi connectivity index (χ1) is 11.2. The third kappa shape index (κ3) is 3.90. The molecule has 1 aliphatic rings. The summed E-state index contributed by atoms with van der Waals surface area (Å²) in [5, 5.41) is 17.7. The summed E-state index contributed by atoms with van der Waals surface area (Å²) in [4.78, 5) is 13.2. The molecule has 5 nitrogen and oxygen atoms in total. The molecule has 1 amide bonds. The van der Waals surface area contributed by atoms with Crippen molar-refractivity contribution >= 4 is 28.6 Å². The summed E-state index contributed by atoms with van der Waals surface area (Å²) < 4.78 is 5.20. The second-order valence-corrected chi connectivity index (χ2v) is 6.89. The number of hydrogen-bond acceptors (Lipinski definition) is 5. The average Bonchev–Trinajstić information content (AvgIpc) is 3.01. The highest BCUT2D eigenvalue weighted by Crippen LogP contribution is 2.29. The summed E-state index contributed by atoms with van der Waals surface area (Å²) in [5.41, 5.74) is 1.39. The van der Waals surface area contributed by atoms with Crippen LogP contribution < -0.4 is 10.6 Å². The molecule has 0 spiro atoms. The van der Waals surface area contributed by atoms with Gasteiger partial charge in [-0.05, 0) is 23.6 Å². The molecule has 1 saturated heterocycles. The van der Waals surface area contributed by atoms with Crippen molar-refractivity contribution < 1.29 is 14.6 Å². The fraction of sp³-hybridized carbons (Fsp3) is 0.353. The van der Waals surface area contributed by atoms with Gasteiger partial charge in [-0.15, -0.1) is 11.3 Å². The van der Waals surface area contributed by atoms with Gasteiger partial charge in [-0.2, -0.15) is 0 Å². The van der Waals surface area contributed by atoms with Gasteiger partial charge < -0.3 is 20.5 Å². The summed E-state index contributed by atoms with van der Waals surface area (Å²) in [7, 11) is 0. The summed E-state index contributed by atoms with van der Waals surface area (Å²) >= 11 is 1.58. The monoisotopic (exact) mass is 332 g/mol. The van der Waals surface area contributed by atoms with Crippen molar-refractivity contribution in [3.63, 3.8) is 0 Å². The molecule has 122 valence electrons. The highest BCUT2D eigenvalue weighted by Gasteiger charge is 2.37. The van der Waals surface area contributed by atoms with Crippen molar-refractivity contribution in [2.75, 3.05) is 37.0 Å². The molecule has 1 fully saturated rings. The third-order valence-electron chi connectivity index (χ3n) is 3.92. The number of aliphatic hydroxyl groups excluding tert-OH is 1. The molecule has 2 heterocycles. The molecule has 1 aliphatic heterocycles. The van der Waals surface area contributed by atoms with E-state index < -0.39 is 0 Å². The molecule has 2 aromatic rings. The number of amides is 1. The van der Waals surface area contributed by atoms with Gasteiger partial charge in [-0.25, -0.2) is 0 Å². The lowest BCUT2D eigenvalue weighted by atomic mass is 9.87. The zero-order valence-corrected chi connectivity index (χ0v) is 13.6. The van der Waals surface area contributed by atoms with Crippen molar-refractivity contribution in [2.45, 2.75) is 6.42 Å². The molecule has 0 radical (unpaired) electrons. The Hall–Kier alpha value is -1.89. The van der Waals surface area contributed by atoms with E-state index in [2.05, 4.69) is 10.6 Å². The van der Waals surface area contributed by atoms with Crippen molar-refractivity contribution in [2.24, 2.45) is 5.41 Å². The Morgan fingerprint density at radius 1 is 1.22 bits per heavy atom. The first kappa shape index (κ1) is 16.0. The third-order valence-corrected chi connectivity index (χ3v) is 4.80. The maximum absolute atomic E-state index is 12.2. The van der Waals surface area contributed by atoms with Crippen LogP contribution >= 0.6 is 11.3 Å². The predicted octanol–water partition coefficient (Wildman–Crippen LogP) is 2.35. The molecular formula is C17H20N2O3S. The number of carbonyl (C=O) groups excluding carboxylic acids is 1. The number of anilines is 2. The zero-order chi connectivity index (χ0) is 16.1. The fourth-order valence-corrected chi connectivity index (χ4v) is 3.14. The van der Waals surface area contributed by atoms with Crippen LogP contribution in [0.3, 0.4) is 0 Å². The Morgan fingerprint density at radius 3 is 2.61 bits per heavy atom. The SMILES string of the molecule is O=C(Cc1cccs1)Nc1ccccc1NCC1(CO)COC1. The smallest absolute Gasteiger partial charge is 0.229 e. The van der Waals surface area contributed by atoms with E-state index in [9.17, 15) is 9.90 Å². The van der Waals surface area contributed by atoms with Gasteiger partial charge in [0.25, 0.3) is 0 Å². The summed E-state index contributed by atoms with van der Waals surface area (Å²) in [5.74, 6) is -0.0365. The van der Waals surface area contributed by atoms with E-state index in [0.29, 0.717) is 26.2 Å². The van der Waals surface area contributed by atoms with Crippen LogP contribution in [0.5, 0.6) is 0 Å². The number of rotatable bonds is 7. The summed E-state index contributed by atoms with van der Waals surface area (Å²) in [6.07, 6.45) is 0.375. The molecular weight excluding hydrogens is 312 g/mol. The van der Waals surface area contributed by atoms with Crippen molar-refractivity contribution in [3.8, 4) is 0 Å². The number of carbonyl (C=O) groups is 1. The van der Waals surface area contributed by atoms with E-state index in [-0.39, 0.29) is 17.9 Å². The molecule has 3 rings (SSSR count). The second-order valence-electron chi connectivity index (χ2n) is 5.85. The largest absolute Gasteiger partial charge is 0.396 e. The van der Waals surface area contributed by atoms with E-state index in [1.54, 1.807) is 11.3 Å². The van der Waals surface area contributed by atoms with Crippen LogP contribution in [0.2, 0.25) is 0 Å². The highest BCUT2D eigenvalue weighted by molar-refractivity contribution is 7.10. The number of hydrogen-bond donors (Lipinski definition) is 3. The summed E-state index contributed by atoms with van der Waals surface area (Å²) in [6, 6.07) is 11.5. The van der Waals surface area contributed by atoms with Crippen molar-refractivity contribution in [3.05, 3.63) is 46.7 Å². The Balaban J connectivity index is 1.62. The Bertz CT molecular complexity index is 648. The lowest BCUT2D eigenvalue weighted by molar-refractivity contribution is -0.128. The van der Waals surface area contributed by atoms with Crippen LogP contribution in [-0.4, -0.2) is 37.4 Å². The molecule has 0 bridgehead atoms. The predicted molar refractivity (Wildman–Crippen MR) is 91.9 cm³/mol. The van der Waals surface area contributed by atoms with Crippen molar-refractivity contribution in [1.82, 2.24) is 0 Å². The topological polar surface area (TPSA) is 70.6 Å². The molecule has 0 aliphatic carbocycles. The maximum atomic E-state index is 12.2. The van der Waals surface area contributed by atoms with E-state index in [0.717, 1.165) is 16.3 Å². The van der Waals surface area contributed by atoms with E-state index in [4.69, 9.17) is 4.74 Å². The maximum Gasteiger partial charge on any atom is 0.229 e. The molecule has 0 unspecified atom stereocenters. The molecule has 0 saturated carbocycles. The minimum atomic E-state index is -0.214. The van der Waals surface area contributed by atoms with Gasteiger partial charge in [0, 0.05) is 11.4 Å². The standard InChI is InChI=1S/C17H20N2O3S/c20-10-17(11-22-12-17)9-18-14-5-1-2-6-15(14)19-16(21)8-13-4-3-7-23-13/h1-7,18,20H,8-12H2,(H,19,21). The first-order valence-corrected chi connectivity index (χ1v) is 8.42. The molecule has 3 N–H and O–H groups in total. The molecule has 1 aromatic heterocycles. The first-order valence-electron chi connectivity index (χ1n) is 7.55. The Labute approximate surface area is 139 Å². The quantitative estimate of drug-likeness (QED) is 0.728. The lowest BCUT2D eigenvalue weighted by Gasteiger charge is -2.40. The number of nitrogens with one attached hydrogen (secondary N) is 2. The fourth-order valence-electron chi connectivity index (χ4n) is 2.43. The van der Waals surface area contributed by atoms with Crippen LogP contribution in [0, 0.1) is 5.41 Å². The molecule has 1 aromatic carbocycles. The van der Waals surface area contributed by atoms with Gasteiger partial charge >= 0.3 is 0 Å². The minimum Gasteiger partial charge on any atom is -0.396 e. The van der Waals surface area contributed by atoms with Crippen LogP contribution in [0.15, 0.2) is 41.8 Å². The molecule has 6 heteroatoms. The Kier molecular flexibility index (Phi) is 4.95. The van der Waals surface area contributed by atoms with E-state index >= 15 is 0 Å². The summed E-state index contributed by atoms with van der Waals surface area (Å²) in [6.45, 7) is 1.82. The number of benzene rings is 1. The van der Waals surface area contributed by atoms with Gasteiger partial charge in [0.05, 0.1) is 43.0 Å².